The van der Waals surface area contributed by atoms with Gasteiger partial charge in [0.2, 0.25) is 0 Å². The maximum Gasteiger partial charge on any atom is 0.305 e. The number of hydrogen-bond acceptors (Lipinski definition) is 3. The molecule has 0 radical (unpaired) electrons. The van der Waals surface area contributed by atoms with Crippen LogP contribution in [0, 0.1) is 0 Å². The molecule has 0 bridgehead atoms. The number of aromatic nitrogens is 1. The fraction of sp³-hybridized carbons (Fsp3) is 0.333. The Morgan fingerprint density at radius 3 is 2.89 bits per heavy atom. The summed E-state index contributed by atoms with van der Waals surface area (Å²) in [6.45, 7) is 2.13. The minimum atomic E-state index is -0.194. The number of esters is 1. The molecule has 0 N–H and O–H groups in total. The molecular weight excluding hydrogens is 226 g/mol. The summed E-state index contributed by atoms with van der Waals surface area (Å²) in [7, 11) is 1.41. The topological polar surface area (TPSA) is 39.2 Å². The predicted octanol–water partition coefficient (Wildman–Crippen LogP) is 2.90. The molecule has 0 saturated heterocycles. The molecule has 0 spiro atoms. The molecule has 0 aliphatic carbocycles. The lowest BCUT2D eigenvalue weighted by Gasteiger charge is -2.06. The highest BCUT2D eigenvalue weighted by molar-refractivity contribution is 5.85. The number of pyridine rings is 1. The fourth-order valence-corrected chi connectivity index (χ4v) is 2.02. The van der Waals surface area contributed by atoms with E-state index in [9.17, 15) is 4.79 Å². The molecule has 0 saturated carbocycles. The number of carbonyl (C=O) groups excluding carboxylic acids is 1. The third-order valence-corrected chi connectivity index (χ3v) is 3.11. The number of hydrogen-bond donors (Lipinski definition) is 0. The molecule has 0 fully saturated rings. The molecule has 1 aromatic heterocycles. The van der Waals surface area contributed by atoms with Crippen molar-refractivity contribution >= 4 is 16.7 Å². The molecule has 3 heteroatoms. The van der Waals surface area contributed by atoms with E-state index in [2.05, 4.69) is 34.8 Å². The standard InChI is InChI=1S/C15H17NO2/c1-3-11-4-5-12-8-9-16-14(13(12)10-11)6-7-15(17)18-2/h4-5,8-10H,3,6-7H2,1-2H3. The van der Waals surface area contributed by atoms with Crippen LogP contribution in [-0.4, -0.2) is 18.1 Å². The molecule has 0 aliphatic heterocycles. The predicted molar refractivity (Wildman–Crippen MR) is 71.5 cm³/mol. The number of methoxy groups -OCH3 is 1. The first-order valence-electron chi connectivity index (χ1n) is 6.18. The van der Waals surface area contributed by atoms with Crippen LogP contribution >= 0.6 is 0 Å². The van der Waals surface area contributed by atoms with E-state index in [1.165, 1.54) is 18.1 Å². The number of benzene rings is 1. The lowest BCUT2D eigenvalue weighted by Crippen LogP contribution is -2.03. The van der Waals surface area contributed by atoms with Gasteiger partial charge in [-0.15, -0.1) is 0 Å². The SMILES string of the molecule is CCc1ccc2ccnc(CCC(=O)OC)c2c1. The molecule has 3 nitrogen and oxygen atoms in total. The van der Waals surface area contributed by atoms with Gasteiger partial charge in [-0.1, -0.05) is 19.1 Å². The summed E-state index contributed by atoms with van der Waals surface area (Å²) in [5.41, 5.74) is 2.25. The van der Waals surface area contributed by atoms with Crippen molar-refractivity contribution < 1.29 is 9.53 Å². The van der Waals surface area contributed by atoms with Gasteiger partial charge in [0.05, 0.1) is 13.5 Å². The number of nitrogens with zero attached hydrogens (tertiary/aromatic N) is 1. The summed E-state index contributed by atoms with van der Waals surface area (Å²) in [5, 5.41) is 2.31. The van der Waals surface area contributed by atoms with Crippen LogP contribution in [0.15, 0.2) is 30.5 Å². The molecule has 1 aromatic carbocycles. The van der Waals surface area contributed by atoms with E-state index < -0.39 is 0 Å². The van der Waals surface area contributed by atoms with Gasteiger partial charge in [-0.3, -0.25) is 9.78 Å². The number of carbonyl (C=O) groups is 1. The number of fused-ring (bicyclic) bond motifs is 1. The molecule has 0 unspecified atom stereocenters. The normalized spacial score (nSPS) is 10.6. The zero-order valence-electron chi connectivity index (χ0n) is 10.8. The number of rotatable bonds is 4. The summed E-state index contributed by atoms with van der Waals surface area (Å²) in [6, 6.07) is 8.40. The third-order valence-electron chi connectivity index (χ3n) is 3.11. The van der Waals surface area contributed by atoms with Crippen molar-refractivity contribution in [2.45, 2.75) is 26.2 Å². The Bertz CT molecular complexity index is 563. The third kappa shape index (κ3) is 2.67. The van der Waals surface area contributed by atoms with Crippen LogP contribution in [0.25, 0.3) is 10.8 Å². The average molecular weight is 243 g/mol. The number of ether oxygens (including phenoxy) is 1. The Hall–Kier alpha value is -1.90. The molecule has 0 aliphatic rings. The first kappa shape index (κ1) is 12.6. The Kier molecular flexibility index (Phi) is 3.92. The van der Waals surface area contributed by atoms with Gasteiger partial charge in [-0.05, 0) is 29.5 Å². The van der Waals surface area contributed by atoms with Crippen LogP contribution in [0.5, 0.6) is 0 Å². The Morgan fingerprint density at radius 2 is 2.17 bits per heavy atom. The molecule has 0 atom stereocenters. The summed E-state index contributed by atoms with van der Waals surface area (Å²) in [6.07, 6.45) is 3.79. The van der Waals surface area contributed by atoms with Gasteiger partial charge in [-0.2, -0.15) is 0 Å². The maximum atomic E-state index is 11.2. The van der Waals surface area contributed by atoms with E-state index >= 15 is 0 Å². The van der Waals surface area contributed by atoms with Crippen molar-refractivity contribution in [2.75, 3.05) is 7.11 Å². The van der Waals surface area contributed by atoms with E-state index in [4.69, 9.17) is 0 Å². The average Bonchev–Trinajstić information content (AvgIpc) is 2.43. The summed E-state index contributed by atoms with van der Waals surface area (Å²) < 4.78 is 4.66. The Morgan fingerprint density at radius 1 is 1.33 bits per heavy atom. The van der Waals surface area contributed by atoms with Gasteiger partial charge in [0.15, 0.2) is 0 Å². The van der Waals surface area contributed by atoms with Crippen LogP contribution in [0.3, 0.4) is 0 Å². The van der Waals surface area contributed by atoms with Crippen molar-refractivity contribution in [1.82, 2.24) is 4.98 Å². The maximum absolute atomic E-state index is 11.2. The quantitative estimate of drug-likeness (QED) is 0.775. The molecule has 1 heterocycles. The van der Waals surface area contributed by atoms with E-state index in [0.29, 0.717) is 12.8 Å². The molecule has 0 amide bonds. The highest BCUT2D eigenvalue weighted by atomic mass is 16.5. The fourth-order valence-electron chi connectivity index (χ4n) is 2.02. The van der Waals surface area contributed by atoms with Crippen LogP contribution in [0.1, 0.15) is 24.6 Å². The second-order valence-electron chi connectivity index (χ2n) is 4.24. The van der Waals surface area contributed by atoms with Gasteiger partial charge in [-0.25, -0.2) is 0 Å². The van der Waals surface area contributed by atoms with Crippen molar-refractivity contribution in [3.63, 3.8) is 0 Å². The van der Waals surface area contributed by atoms with Gasteiger partial charge in [0, 0.05) is 23.7 Å². The summed E-state index contributed by atoms with van der Waals surface area (Å²) in [4.78, 5) is 15.6. The van der Waals surface area contributed by atoms with E-state index in [1.807, 2.05) is 6.07 Å². The van der Waals surface area contributed by atoms with E-state index in [-0.39, 0.29) is 5.97 Å². The highest BCUT2D eigenvalue weighted by Gasteiger charge is 2.06. The van der Waals surface area contributed by atoms with Gasteiger partial charge in [0.1, 0.15) is 0 Å². The molecule has 94 valence electrons. The zero-order valence-corrected chi connectivity index (χ0v) is 10.8. The highest BCUT2D eigenvalue weighted by Crippen LogP contribution is 2.20. The summed E-state index contributed by atoms with van der Waals surface area (Å²) in [5.74, 6) is -0.194. The second kappa shape index (κ2) is 5.63. The zero-order chi connectivity index (χ0) is 13.0. The first-order chi connectivity index (χ1) is 8.74. The van der Waals surface area contributed by atoms with Crippen molar-refractivity contribution in [3.8, 4) is 0 Å². The largest absolute Gasteiger partial charge is 0.469 e. The molecule has 2 aromatic rings. The van der Waals surface area contributed by atoms with Crippen molar-refractivity contribution in [3.05, 3.63) is 41.7 Å². The van der Waals surface area contributed by atoms with Gasteiger partial charge >= 0.3 is 5.97 Å². The lowest BCUT2D eigenvalue weighted by atomic mass is 10.0. The van der Waals surface area contributed by atoms with Crippen LogP contribution in [0.4, 0.5) is 0 Å². The van der Waals surface area contributed by atoms with Crippen LogP contribution in [0.2, 0.25) is 0 Å². The van der Waals surface area contributed by atoms with Gasteiger partial charge < -0.3 is 4.74 Å². The molecule has 2 rings (SSSR count). The van der Waals surface area contributed by atoms with Crippen LogP contribution < -0.4 is 0 Å². The van der Waals surface area contributed by atoms with Crippen molar-refractivity contribution in [2.24, 2.45) is 0 Å². The minimum absolute atomic E-state index is 0.194. The van der Waals surface area contributed by atoms with E-state index in [1.54, 1.807) is 6.20 Å². The summed E-state index contributed by atoms with van der Waals surface area (Å²) >= 11 is 0. The smallest absolute Gasteiger partial charge is 0.305 e. The molecule has 18 heavy (non-hydrogen) atoms. The molecular formula is C15H17NO2. The number of aryl methyl sites for hydroxylation is 2. The minimum Gasteiger partial charge on any atom is -0.469 e. The van der Waals surface area contributed by atoms with E-state index in [0.717, 1.165) is 17.5 Å². The second-order valence-corrected chi connectivity index (χ2v) is 4.24. The van der Waals surface area contributed by atoms with Crippen LogP contribution in [-0.2, 0) is 22.4 Å². The van der Waals surface area contributed by atoms with Gasteiger partial charge in [0.25, 0.3) is 0 Å². The van der Waals surface area contributed by atoms with Crippen molar-refractivity contribution in [1.29, 1.82) is 0 Å². The monoisotopic (exact) mass is 243 g/mol. The first-order valence-corrected chi connectivity index (χ1v) is 6.18. The Labute approximate surface area is 107 Å². The Balaban J connectivity index is 2.34. The lowest BCUT2D eigenvalue weighted by molar-refractivity contribution is -0.140.